The second-order valence-corrected chi connectivity index (χ2v) is 11.3. The number of carbonyl (C=O) groups is 3. The highest BCUT2D eigenvalue weighted by Crippen LogP contribution is 2.24. The number of ether oxygens (including phenoxy) is 1. The first kappa shape index (κ1) is 28.0. The number of aliphatic hydroxyl groups is 1. The van der Waals surface area contributed by atoms with Gasteiger partial charge in [-0.1, -0.05) is 18.2 Å². The third-order valence-electron chi connectivity index (χ3n) is 6.20. The van der Waals surface area contributed by atoms with E-state index in [0.29, 0.717) is 17.8 Å². The highest BCUT2D eigenvalue weighted by molar-refractivity contribution is 5.95. The number of hydrogen-bond acceptors (Lipinski definition) is 6. The van der Waals surface area contributed by atoms with Crippen LogP contribution in [-0.2, 0) is 16.1 Å². The number of nitrogens with one attached hydrogen (secondary N) is 2. The largest absolute Gasteiger partial charge is 0.444 e. The Morgan fingerprint density at radius 1 is 1.19 bits per heavy atom. The van der Waals surface area contributed by atoms with Gasteiger partial charge in [-0.3, -0.25) is 19.1 Å². The summed E-state index contributed by atoms with van der Waals surface area (Å²) in [6, 6.07) is 8.15. The van der Waals surface area contributed by atoms with Crippen molar-refractivity contribution in [2.45, 2.75) is 77.8 Å². The molecule has 37 heavy (non-hydrogen) atoms. The zero-order valence-electron chi connectivity index (χ0n) is 22.5. The molecule has 1 aliphatic rings. The maximum atomic E-state index is 13.6. The van der Waals surface area contributed by atoms with E-state index in [1.807, 2.05) is 6.07 Å². The van der Waals surface area contributed by atoms with Crippen molar-refractivity contribution in [1.29, 1.82) is 0 Å². The molecule has 11 nitrogen and oxygen atoms in total. The summed E-state index contributed by atoms with van der Waals surface area (Å²) in [5, 5.41) is 16.1. The number of rotatable bonds is 7. The quantitative estimate of drug-likeness (QED) is 0.479. The van der Waals surface area contributed by atoms with Crippen LogP contribution in [0.4, 0.5) is 4.79 Å². The molecule has 2 atom stereocenters. The van der Waals surface area contributed by atoms with Gasteiger partial charge in [0.1, 0.15) is 11.2 Å². The Balaban J connectivity index is 1.98. The number of hydrogen-bond donors (Lipinski definition) is 3. The molecule has 0 aliphatic carbocycles. The van der Waals surface area contributed by atoms with Gasteiger partial charge in [0.25, 0.3) is 11.5 Å². The molecule has 1 fully saturated rings. The fourth-order valence-corrected chi connectivity index (χ4v) is 4.47. The summed E-state index contributed by atoms with van der Waals surface area (Å²) in [6.45, 7) is 12.1. The second kappa shape index (κ2) is 10.0. The summed E-state index contributed by atoms with van der Waals surface area (Å²) >= 11 is 0. The van der Waals surface area contributed by atoms with Crippen LogP contribution < -0.4 is 16.2 Å². The van der Waals surface area contributed by atoms with Crippen LogP contribution in [0.3, 0.4) is 0 Å². The summed E-state index contributed by atoms with van der Waals surface area (Å²) in [4.78, 5) is 52.6. The maximum Gasteiger partial charge on any atom is 0.410 e. The van der Waals surface area contributed by atoms with Crippen molar-refractivity contribution in [3.05, 3.63) is 51.9 Å². The van der Waals surface area contributed by atoms with Gasteiger partial charge in [-0.25, -0.2) is 9.48 Å². The van der Waals surface area contributed by atoms with E-state index in [0.717, 1.165) is 0 Å². The van der Waals surface area contributed by atoms with Crippen LogP contribution in [0.5, 0.6) is 0 Å². The molecule has 1 aromatic carbocycles. The lowest BCUT2D eigenvalue weighted by Crippen LogP contribution is -2.58. The number of likely N-dealkylation sites (tertiary alicyclic amines) is 1. The van der Waals surface area contributed by atoms with Crippen molar-refractivity contribution in [3.8, 4) is 5.69 Å². The molecule has 2 aromatic rings. The van der Waals surface area contributed by atoms with Gasteiger partial charge in [-0.15, -0.1) is 0 Å². The molecular weight excluding hydrogens is 478 g/mol. The lowest BCUT2D eigenvalue weighted by molar-refractivity contribution is -0.111. The Kier molecular flexibility index (Phi) is 7.59. The van der Waals surface area contributed by atoms with Gasteiger partial charge in [0.2, 0.25) is 6.41 Å². The van der Waals surface area contributed by atoms with Crippen LogP contribution in [0.1, 0.15) is 57.6 Å². The van der Waals surface area contributed by atoms with Crippen LogP contribution in [0.15, 0.2) is 35.1 Å². The molecule has 0 spiro atoms. The zero-order chi connectivity index (χ0) is 27.8. The molecule has 1 saturated heterocycles. The van der Waals surface area contributed by atoms with E-state index in [1.165, 1.54) is 9.58 Å². The molecule has 2 unspecified atom stereocenters. The van der Waals surface area contributed by atoms with E-state index in [4.69, 9.17) is 4.74 Å². The summed E-state index contributed by atoms with van der Waals surface area (Å²) in [7, 11) is 0. The first-order valence-corrected chi connectivity index (χ1v) is 12.2. The van der Waals surface area contributed by atoms with Gasteiger partial charge < -0.3 is 25.4 Å². The van der Waals surface area contributed by atoms with Gasteiger partial charge in [0, 0.05) is 13.1 Å². The minimum absolute atomic E-state index is 0.0660. The fourth-order valence-electron chi connectivity index (χ4n) is 4.47. The average Bonchev–Trinajstić information content (AvgIpc) is 3.20. The average molecular weight is 516 g/mol. The summed E-state index contributed by atoms with van der Waals surface area (Å²) in [6.07, 6.45) is -0.0484. The third-order valence-corrected chi connectivity index (χ3v) is 6.20. The van der Waals surface area contributed by atoms with Crippen LogP contribution in [0.25, 0.3) is 5.69 Å². The first-order chi connectivity index (χ1) is 17.1. The minimum Gasteiger partial charge on any atom is -0.444 e. The normalized spacial score (nSPS) is 20.0. The number of nitrogens with zero attached hydrogens (tertiary/aromatic N) is 3. The Bertz CT molecular complexity index is 1220. The fraction of sp³-hybridized carbons (Fsp3) is 0.538. The monoisotopic (exact) mass is 515 g/mol. The summed E-state index contributed by atoms with van der Waals surface area (Å²) in [5.41, 5.74) is -2.57. The molecule has 202 valence electrons. The van der Waals surface area contributed by atoms with E-state index in [-0.39, 0.29) is 25.2 Å². The predicted octanol–water partition coefficient (Wildman–Crippen LogP) is 1.57. The molecule has 2 heterocycles. The molecule has 3 N–H and O–H groups in total. The van der Waals surface area contributed by atoms with E-state index >= 15 is 0 Å². The van der Waals surface area contributed by atoms with Gasteiger partial charge in [-0.05, 0) is 60.6 Å². The number of benzene rings is 1. The lowest BCUT2D eigenvalue weighted by atomic mass is 9.96. The van der Waals surface area contributed by atoms with E-state index in [1.54, 1.807) is 77.4 Å². The van der Waals surface area contributed by atoms with Crippen molar-refractivity contribution in [1.82, 2.24) is 24.9 Å². The Morgan fingerprint density at radius 2 is 1.81 bits per heavy atom. The van der Waals surface area contributed by atoms with Crippen molar-refractivity contribution >= 4 is 18.4 Å². The van der Waals surface area contributed by atoms with Crippen LogP contribution >= 0.6 is 0 Å². The number of aromatic nitrogens is 2. The van der Waals surface area contributed by atoms with Crippen molar-refractivity contribution < 1.29 is 24.2 Å². The molecular formula is C26H37N5O6. The van der Waals surface area contributed by atoms with Crippen LogP contribution in [0.2, 0.25) is 0 Å². The summed E-state index contributed by atoms with van der Waals surface area (Å²) < 4.78 is 8.41. The number of carbonyl (C=O) groups excluding carboxylic acids is 3. The SMILES string of the molecule is Cc1c(C(=O)NC2CN(C(=O)OC(C)(C)C)CC2(C)NC=O)c(=O)n(-c2ccccc2)n1CC(C)(C)O. The lowest BCUT2D eigenvalue weighted by Gasteiger charge is -2.30. The van der Waals surface area contributed by atoms with E-state index in [2.05, 4.69) is 10.6 Å². The second-order valence-electron chi connectivity index (χ2n) is 11.3. The van der Waals surface area contributed by atoms with E-state index < -0.39 is 40.3 Å². The standard InChI is InChI=1S/C26H37N5O6/c1-17-20(22(34)31(18-11-9-8-10-12-18)30(17)14-25(5,6)36)21(33)28-19-13-29(15-26(19,7)27-16-32)23(35)37-24(2,3)4/h8-12,16,19,36H,13-15H2,1-7H3,(H,27,32)(H,28,33). The molecule has 1 aromatic heterocycles. The van der Waals surface area contributed by atoms with Gasteiger partial charge in [0.05, 0.1) is 35.1 Å². The van der Waals surface area contributed by atoms with E-state index in [9.17, 15) is 24.3 Å². The minimum atomic E-state index is -1.16. The molecule has 0 radical (unpaired) electrons. The molecule has 11 heteroatoms. The highest BCUT2D eigenvalue weighted by atomic mass is 16.6. The van der Waals surface area contributed by atoms with Crippen molar-refractivity contribution in [3.63, 3.8) is 0 Å². The Hall–Kier alpha value is -3.60. The molecule has 0 bridgehead atoms. The van der Waals surface area contributed by atoms with Crippen LogP contribution in [-0.4, -0.2) is 73.7 Å². The summed E-state index contributed by atoms with van der Waals surface area (Å²) in [5.74, 6) is -0.642. The number of para-hydroxylation sites is 1. The molecule has 3 rings (SSSR count). The van der Waals surface area contributed by atoms with Crippen molar-refractivity contribution in [2.75, 3.05) is 13.1 Å². The smallest absolute Gasteiger partial charge is 0.410 e. The van der Waals surface area contributed by atoms with Crippen molar-refractivity contribution in [2.24, 2.45) is 0 Å². The first-order valence-electron chi connectivity index (χ1n) is 12.2. The Labute approximate surface area is 216 Å². The van der Waals surface area contributed by atoms with Gasteiger partial charge in [0.15, 0.2) is 0 Å². The molecule has 0 saturated carbocycles. The highest BCUT2D eigenvalue weighted by Gasteiger charge is 2.47. The number of amides is 3. The predicted molar refractivity (Wildman–Crippen MR) is 138 cm³/mol. The Morgan fingerprint density at radius 3 is 2.35 bits per heavy atom. The van der Waals surface area contributed by atoms with Crippen LogP contribution in [0, 0.1) is 6.92 Å². The van der Waals surface area contributed by atoms with Gasteiger partial charge >= 0.3 is 6.09 Å². The third kappa shape index (κ3) is 6.22. The zero-order valence-corrected chi connectivity index (χ0v) is 22.5. The van der Waals surface area contributed by atoms with Gasteiger partial charge in [-0.2, -0.15) is 0 Å². The molecule has 1 aliphatic heterocycles. The molecule has 3 amide bonds. The topological polar surface area (TPSA) is 135 Å². The maximum absolute atomic E-state index is 13.6.